The fraction of sp³-hybridized carbons (Fsp3) is 0.730. The number of benzene rings is 1. The summed E-state index contributed by atoms with van der Waals surface area (Å²) < 4.78 is 12.5. The number of hydrogen-bond acceptors (Lipinski definition) is 6. The minimum absolute atomic E-state index is 0.221. The molecule has 0 saturated heterocycles. The van der Waals surface area contributed by atoms with Gasteiger partial charge < -0.3 is 25.4 Å². The number of carbonyl (C=O) groups is 4. The van der Waals surface area contributed by atoms with Gasteiger partial charge >= 0.3 is 5.97 Å². The third-order valence-electron chi connectivity index (χ3n) is 9.43. The molecule has 3 atom stereocenters. The van der Waals surface area contributed by atoms with E-state index in [0.717, 1.165) is 71.4 Å². The van der Waals surface area contributed by atoms with Gasteiger partial charge in [0.15, 0.2) is 0 Å². The van der Waals surface area contributed by atoms with Crippen LogP contribution in [-0.4, -0.2) is 48.9 Å². The molecule has 0 spiro atoms. The summed E-state index contributed by atoms with van der Waals surface area (Å²) in [7, 11) is 0. The fourth-order valence-electron chi connectivity index (χ4n) is 6.24. The van der Waals surface area contributed by atoms with Gasteiger partial charge in [-0.3, -0.25) is 14.4 Å². The number of rotatable bonds is 19. The van der Waals surface area contributed by atoms with Crippen molar-refractivity contribution in [2.45, 2.75) is 139 Å². The van der Waals surface area contributed by atoms with E-state index in [4.69, 9.17) is 9.47 Å². The predicted octanol–water partition coefficient (Wildman–Crippen LogP) is 6.41. The molecule has 1 aromatic carbocycles. The van der Waals surface area contributed by atoms with Crippen LogP contribution in [0.4, 0.5) is 0 Å². The monoisotopic (exact) mass is 643 g/mol. The molecule has 1 heterocycles. The first-order valence-corrected chi connectivity index (χ1v) is 17.4. The lowest BCUT2D eigenvalue weighted by Crippen LogP contribution is -2.43. The van der Waals surface area contributed by atoms with Gasteiger partial charge in [0.25, 0.3) is 0 Å². The average Bonchev–Trinajstić information content (AvgIpc) is 2.98. The summed E-state index contributed by atoms with van der Waals surface area (Å²) in [5, 5.41) is 7.20. The zero-order valence-electron chi connectivity index (χ0n) is 30.1. The first-order valence-electron chi connectivity index (χ1n) is 17.4. The molecule has 3 amide bonds. The van der Waals surface area contributed by atoms with E-state index in [1.165, 1.54) is 51.9 Å². The molecule has 9 nitrogen and oxygen atoms in total. The highest BCUT2D eigenvalue weighted by Crippen LogP contribution is 2.45. The second-order valence-corrected chi connectivity index (χ2v) is 14.4. The van der Waals surface area contributed by atoms with Gasteiger partial charge in [-0.05, 0) is 87.8 Å². The van der Waals surface area contributed by atoms with Crippen molar-refractivity contribution in [1.82, 2.24) is 16.0 Å². The van der Waals surface area contributed by atoms with Gasteiger partial charge in [-0.15, -0.1) is 0 Å². The molecule has 3 N–H and O–H groups in total. The van der Waals surface area contributed by atoms with Gasteiger partial charge in [0.05, 0.1) is 13.1 Å². The van der Waals surface area contributed by atoms with Crippen LogP contribution < -0.4 is 25.4 Å². The Morgan fingerprint density at radius 2 is 1.30 bits per heavy atom. The van der Waals surface area contributed by atoms with E-state index in [0.29, 0.717) is 5.75 Å². The number of nitrogens with one attached hydrogen (secondary N) is 3. The van der Waals surface area contributed by atoms with E-state index in [9.17, 15) is 19.2 Å². The van der Waals surface area contributed by atoms with E-state index < -0.39 is 17.8 Å². The Balaban J connectivity index is 1.84. The Labute approximate surface area is 277 Å². The SMILES string of the molecule is CC(=O)NCC(=O)NCC(=O)NCC(=O)Oc1c(C)c(C)c2c(c1C)CCC(C)(CCCC(C)CCCC(C)CCCC(C)C)O2. The lowest BCUT2D eigenvalue weighted by molar-refractivity contribution is -0.135. The maximum Gasteiger partial charge on any atom is 0.330 e. The number of carbonyl (C=O) groups excluding carboxylic acids is 4. The van der Waals surface area contributed by atoms with E-state index in [1.54, 1.807) is 0 Å². The predicted molar refractivity (Wildman–Crippen MR) is 183 cm³/mol. The molecule has 3 unspecified atom stereocenters. The van der Waals surface area contributed by atoms with Crippen LogP contribution in [0.3, 0.4) is 0 Å². The molecule has 1 aromatic rings. The molecule has 9 heteroatoms. The smallest absolute Gasteiger partial charge is 0.330 e. The largest absolute Gasteiger partial charge is 0.487 e. The molecule has 1 aliphatic heterocycles. The van der Waals surface area contributed by atoms with Crippen LogP contribution in [-0.2, 0) is 25.6 Å². The second kappa shape index (κ2) is 18.9. The summed E-state index contributed by atoms with van der Waals surface area (Å²) in [6.07, 6.45) is 13.2. The summed E-state index contributed by atoms with van der Waals surface area (Å²) >= 11 is 0. The fourth-order valence-corrected chi connectivity index (χ4v) is 6.24. The quantitative estimate of drug-likeness (QED) is 0.118. The van der Waals surface area contributed by atoms with Crippen LogP contribution in [0.1, 0.15) is 128 Å². The molecule has 0 saturated carbocycles. The molecule has 0 bridgehead atoms. The molecular weight excluding hydrogens is 582 g/mol. The van der Waals surface area contributed by atoms with Crippen LogP contribution >= 0.6 is 0 Å². The molecule has 0 radical (unpaired) electrons. The van der Waals surface area contributed by atoms with Crippen LogP contribution in [0.25, 0.3) is 0 Å². The molecule has 46 heavy (non-hydrogen) atoms. The van der Waals surface area contributed by atoms with Crippen LogP contribution in [0.5, 0.6) is 11.5 Å². The van der Waals surface area contributed by atoms with Crippen molar-refractivity contribution in [3.8, 4) is 11.5 Å². The number of amides is 3. The third kappa shape index (κ3) is 13.3. The maximum absolute atomic E-state index is 12.7. The topological polar surface area (TPSA) is 123 Å². The van der Waals surface area contributed by atoms with Crippen molar-refractivity contribution in [2.75, 3.05) is 19.6 Å². The van der Waals surface area contributed by atoms with Crippen molar-refractivity contribution in [3.63, 3.8) is 0 Å². The highest BCUT2D eigenvalue weighted by atomic mass is 16.5. The zero-order chi connectivity index (χ0) is 34.4. The summed E-state index contributed by atoms with van der Waals surface area (Å²) in [5.41, 5.74) is 3.55. The second-order valence-electron chi connectivity index (χ2n) is 14.4. The zero-order valence-corrected chi connectivity index (χ0v) is 30.1. The lowest BCUT2D eigenvalue weighted by Gasteiger charge is -2.38. The molecular formula is C37H61N3O6. The van der Waals surface area contributed by atoms with Gasteiger partial charge in [0.2, 0.25) is 17.7 Å². The summed E-state index contributed by atoms with van der Waals surface area (Å²) in [4.78, 5) is 47.3. The van der Waals surface area contributed by atoms with Crippen molar-refractivity contribution in [1.29, 1.82) is 0 Å². The third-order valence-corrected chi connectivity index (χ3v) is 9.43. The van der Waals surface area contributed by atoms with Crippen LogP contribution in [0.2, 0.25) is 0 Å². The van der Waals surface area contributed by atoms with Crippen molar-refractivity contribution >= 4 is 23.7 Å². The first-order chi connectivity index (χ1) is 21.6. The minimum Gasteiger partial charge on any atom is -0.487 e. The molecule has 0 aromatic heterocycles. The summed E-state index contributed by atoms with van der Waals surface area (Å²) in [6, 6.07) is 0. The van der Waals surface area contributed by atoms with E-state index >= 15 is 0 Å². The number of esters is 1. The maximum atomic E-state index is 12.7. The normalized spacial score (nSPS) is 17.0. The van der Waals surface area contributed by atoms with Crippen molar-refractivity contribution in [3.05, 3.63) is 22.3 Å². The highest BCUT2D eigenvalue weighted by molar-refractivity contribution is 5.89. The van der Waals surface area contributed by atoms with Gasteiger partial charge in [0, 0.05) is 12.5 Å². The Kier molecular flexibility index (Phi) is 16.1. The number of ether oxygens (including phenoxy) is 2. The van der Waals surface area contributed by atoms with Crippen LogP contribution in [0, 0.1) is 38.5 Å². The molecule has 2 rings (SSSR count). The minimum atomic E-state index is -0.597. The Bertz CT molecular complexity index is 1200. The lowest BCUT2D eigenvalue weighted by atomic mass is 9.83. The average molecular weight is 644 g/mol. The standard InChI is InChI=1S/C37H61N3O6/c1-24(2)13-10-14-25(3)15-11-16-26(4)17-12-19-37(9)20-18-31-29(7)35(27(5)28(6)36(31)46-37)45-34(44)23-40-33(43)22-39-32(42)21-38-30(8)41/h24-26H,10-23H2,1-9H3,(H,38,41)(H,39,42)(H,40,43). The van der Waals surface area contributed by atoms with Gasteiger partial charge in [0.1, 0.15) is 23.6 Å². The molecule has 1 aliphatic rings. The molecule has 260 valence electrons. The van der Waals surface area contributed by atoms with Gasteiger partial charge in [-0.1, -0.05) is 72.6 Å². The van der Waals surface area contributed by atoms with E-state index in [1.807, 2.05) is 20.8 Å². The number of hydrogen-bond donors (Lipinski definition) is 3. The Morgan fingerprint density at radius 1 is 0.761 bits per heavy atom. The Hall–Kier alpha value is -3.10. The molecule has 0 aliphatic carbocycles. The number of fused-ring (bicyclic) bond motifs is 1. The highest BCUT2D eigenvalue weighted by Gasteiger charge is 2.35. The summed E-state index contributed by atoms with van der Waals surface area (Å²) in [6.45, 7) is 18.0. The van der Waals surface area contributed by atoms with E-state index in [2.05, 4.69) is 50.6 Å². The van der Waals surface area contributed by atoms with Gasteiger partial charge in [-0.25, -0.2) is 4.79 Å². The van der Waals surface area contributed by atoms with E-state index in [-0.39, 0.29) is 31.1 Å². The van der Waals surface area contributed by atoms with Crippen molar-refractivity contribution < 1.29 is 28.7 Å². The van der Waals surface area contributed by atoms with Crippen molar-refractivity contribution in [2.24, 2.45) is 17.8 Å². The molecule has 0 fully saturated rings. The van der Waals surface area contributed by atoms with Gasteiger partial charge in [-0.2, -0.15) is 0 Å². The summed E-state index contributed by atoms with van der Waals surface area (Å²) in [5.74, 6) is 1.80. The first kappa shape index (κ1) is 39.1. The van der Waals surface area contributed by atoms with Crippen LogP contribution in [0.15, 0.2) is 0 Å². The Morgan fingerprint density at radius 3 is 1.89 bits per heavy atom.